The second kappa shape index (κ2) is 5.10. The van der Waals surface area contributed by atoms with Gasteiger partial charge < -0.3 is 4.74 Å². The minimum atomic E-state index is 0.323. The van der Waals surface area contributed by atoms with Gasteiger partial charge in [-0.1, -0.05) is 18.2 Å². The van der Waals surface area contributed by atoms with Gasteiger partial charge >= 0.3 is 0 Å². The van der Waals surface area contributed by atoms with Crippen molar-refractivity contribution >= 4 is 0 Å². The van der Waals surface area contributed by atoms with Gasteiger partial charge in [-0.25, -0.2) is 9.97 Å². The minimum absolute atomic E-state index is 0.323. The maximum Gasteiger partial charge on any atom is 0.181 e. The molecule has 106 valence electrons. The summed E-state index contributed by atoms with van der Waals surface area (Å²) in [5.41, 5.74) is 1.91. The SMILES string of the molecule is c1cc(-c2n[nH]c(C3CCOC3)n2)cc(-c2ncn[nH]2)c1. The molecule has 3 heterocycles. The zero-order valence-electron chi connectivity index (χ0n) is 11.3. The summed E-state index contributed by atoms with van der Waals surface area (Å²) in [6, 6.07) is 7.92. The molecule has 4 rings (SSSR count). The van der Waals surface area contributed by atoms with Crippen molar-refractivity contribution in [2.45, 2.75) is 12.3 Å². The van der Waals surface area contributed by atoms with Gasteiger partial charge in [-0.05, 0) is 12.5 Å². The van der Waals surface area contributed by atoms with E-state index in [9.17, 15) is 0 Å². The van der Waals surface area contributed by atoms with Gasteiger partial charge in [0.25, 0.3) is 0 Å². The Morgan fingerprint density at radius 1 is 1.19 bits per heavy atom. The summed E-state index contributed by atoms with van der Waals surface area (Å²) in [6.07, 6.45) is 2.49. The standard InChI is InChI=1S/C14H14N6O/c1-2-9(12-15-8-16-18-12)6-10(3-1)13-17-14(20-19-13)11-4-5-21-7-11/h1-3,6,8,11H,4-5,7H2,(H,15,16,18)(H,17,19,20). The largest absolute Gasteiger partial charge is 0.381 e. The monoisotopic (exact) mass is 282 g/mol. The molecule has 21 heavy (non-hydrogen) atoms. The average Bonchev–Trinajstić information content (AvgIpc) is 3.26. The van der Waals surface area contributed by atoms with Crippen LogP contribution in [0.2, 0.25) is 0 Å². The Hall–Kier alpha value is -2.54. The van der Waals surface area contributed by atoms with Gasteiger partial charge in [0, 0.05) is 23.7 Å². The van der Waals surface area contributed by atoms with Crippen LogP contribution in [0.15, 0.2) is 30.6 Å². The molecular formula is C14H14N6O. The number of hydrogen-bond acceptors (Lipinski definition) is 5. The van der Waals surface area contributed by atoms with Crippen molar-refractivity contribution in [1.29, 1.82) is 0 Å². The highest BCUT2D eigenvalue weighted by Crippen LogP contribution is 2.25. The predicted molar refractivity (Wildman–Crippen MR) is 75.4 cm³/mol. The van der Waals surface area contributed by atoms with E-state index in [1.807, 2.05) is 24.3 Å². The minimum Gasteiger partial charge on any atom is -0.381 e. The lowest BCUT2D eigenvalue weighted by Crippen LogP contribution is -1.99. The quantitative estimate of drug-likeness (QED) is 0.763. The lowest BCUT2D eigenvalue weighted by atomic mass is 10.1. The number of H-pyrrole nitrogens is 2. The molecule has 7 nitrogen and oxygen atoms in total. The van der Waals surface area contributed by atoms with Crippen LogP contribution in [0, 0.1) is 0 Å². The number of aromatic nitrogens is 6. The molecule has 0 bridgehead atoms. The molecule has 1 fully saturated rings. The summed E-state index contributed by atoms with van der Waals surface area (Å²) in [6.45, 7) is 1.51. The van der Waals surface area contributed by atoms with E-state index in [1.165, 1.54) is 6.33 Å². The van der Waals surface area contributed by atoms with E-state index >= 15 is 0 Å². The molecule has 1 aliphatic heterocycles. The smallest absolute Gasteiger partial charge is 0.181 e. The molecule has 1 unspecified atom stereocenters. The Bertz CT molecular complexity index is 730. The van der Waals surface area contributed by atoms with Crippen molar-refractivity contribution in [3.63, 3.8) is 0 Å². The van der Waals surface area contributed by atoms with Crippen molar-refractivity contribution in [3.05, 3.63) is 36.4 Å². The zero-order valence-corrected chi connectivity index (χ0v) is 11.3. The van der Waals surface area contributed by atoms with Crippen molar-refractivity contribution in [2.24, 2.45) is 0 Å². The number of ether oxygens (including phenoxy) is 1. The van der Waals surface area contributed by atoms with Crippen LogP contribution in [0.4, 0.5) is 0 Å². The van der Waals surface area contributed by atoms with E-state index in [-0.39, 0.29) is 0 Å². The van der Waals surface area contributed by atoms with Gasteiger partial charge in [0.05, 0.1) is 6.61 Å². The Balaban J connectivity index is 1.65. The first kappa shape index (κ1) is 12.2. The maximum atomic E-state index is 5.39. The van der Waals surface area contributed by atoms with Crippen molar-refractivity contribution in [2.75, 3.05) is 13.2 Å². The van der Waals surface area contributed by atoms with Crippen LogP contribution in [0.1, 0.15) is 18.2 Å². The van der Waals surface area contributed by atoms with Gasteiger partial charge in [0.1, 0.15) is 12.2 Å². The molecule has 3 aromatic rings. The van der Waals surface area contributed by atoms with Crippen LogP contribution in [-0.4, -0.2) is 43.6 Å². The number of nitrogens with one attached hydrogen (secondary N) is 2. The zero-order chi connectivity index (χ0) is 14.1. The van der Waals surface area contributed by atoms with Crippen LogP contribution in [0.5, 0.6) is 0 Å². The molecule has 0 saturated carbocycles. The normalized spacial score (nSPS) is 18.2. The third kappa shape index (κ3) is 2.31. The number of rotatable bonds is 3. The number of benzene rings is 1. The number of hydrogen-bond donors (Lipinski definition) is 2. The van der Waals surface area contributed by atoms with Crippen LogP contribution in [0.25, 0.3) is 22.8 Å². The van der Waals surface area contributed by atoms with Crippen molar-refractivity contribution in [1.82, 2.24) is 30.4 Å². The molecule has 0 radical (unpaired) electrons. The highest BCUT2D eigenvalue weighted by Gasteiger charge is 2.21. The summed E-state index contributed by atoms with van der Waals surface area (Å²) in [5, 5.41) is 14.1. The maximum absolute atomic E-state index is 5.39. The number of aromatic amines is 2. The molecule has 0 amide bonds. The Morgan fingerprint density at radius 3 is 2.95 bits per heavy atom. The molecule has 2 N–H and O–H groups in total. The summed E-state index contributed by atoms with van der Waals surface area (Å²) < 4.78 is 5.39. The van der Waals surface area contributed by atoms with Crippen molar-refractivity contribution in [3.8, 4) is 22.8 Å². The molecule has 7 heteroatoms. The molecule has 1 aromatic carbocycles. The molecule has 1 atom stereocenters. The first-order valence-corrected chi connectivity index (χ1v) is 6.86. The first-order chi connectivity index (χ1) is 10.4. The third-order valence-corrected chi connectivity index (χ3v) is 3.63. The molecule has 2 aromatic heterocycles. The van der Waals surface area contributed by atoms with Crippen LogP contribution in [0.3, 0.4) is 0 Å². The van der Waals surface area contributed by atoms with Crippen molar-refractivity contribution < 1.29 is 4.74 Å². The summed E-state index contributed by atoms with van der Waals surface area (Å²) in [4.78, 5) is 8.75. The van der Waals surface area contributed by atoms with E-state index in [1.54, 1.807) is 0 Å². The molecule has 1 saturated heterocycles. The molecular weight excluding hydrogens is 268 g/mol. The first-order valence-electron chi connectivity index (χ1n) is 6.86. The van der Waals surface area contributed by atoms with E-state index in [4.69, 9.17) is 4.74 Å². The van der Waals surface area contributed by atoms with Gasteiger partial charge in [-0.3, -0.25) is 10.2 Å². The topological polar surface area (TPSA) is 92.4 Å². The van der Waals surface area contributed by atoms with E-state index in [0.29, 0.717) is 18.3 Å². The van der Waals surface area contributed by atoms with Gasteiger partial charge in [-0.2, -0.15) is 10.2 Å². The molecule has 0 aliphatic carbocycles. The van der Waals surface area contributed by atoms with Crippen LogP contribution < -0.4 is 0 Å². The van der Waals surface area contributed by atoms with Crippen LogP contribution in [-0.2, 0) is 4.74 Å². The third-order valence-electron chi connectivity index (χ3n) is 3.63. The fourth-order valence-corrected chi connectivity index (χ4v) is 2.49. The van der Waals surface area contributed by atoms with Gasteiger partial charge in [0.15, 0.2) is 11.6 Å². The highest BCUT2D eigenvalue weighted by atomic mass is 16.5. The lowest BCUT2D eigenvalue weighted by Gasteiger charge is -2.01. The average molecular weight is 282 g/mol. The Morgan fingerprint density at radius 2 is 2.14 bits per heavy atom. The predicted octanol–water partition coefficient (Wildman–Crippen LogP) is 1.76. The Labute approximate surface area is 120 Å². The Kier molecular flexibility index (Phi) is 2.97. The van der Waals surface area contributed by atoms with Crippen LogP contribution >= 0.6 is 0 Å². The molecule has 0 spiro atoms. The summed E-state index contributed by atoms with van der Waals surface area (Å²) >= 11 is 0. The second-order valence-corrected chi connectivity index (χ2v) is 5.02. The van der Waals surface area contributed by atoms with E-state index in [2.05, 4.69) is 30.4 Å². The summed E-state index contributed by atoms with van der Waals surface area (Å²) in [7, 11) is 0. The highest BCUT2D eigenvalue weighted by molar-refractivity contribution is 5.65. The van der Waals surface area contributed by atoms with E-state index < -0.39 is 0 Å². The fraction of sp³-hybridized carbons (Fsp3) is 0.286. The van der Waals surface area contributed by atoms with Gasteiger partial charge in [-0.15, -0.1) is 0 Å². The van der Waals surface area contributed by atoms with E-state index in [0.717, 1.165) is 35.8 Å². The van der Waals surface area contributed by atoms with Gasteiger partial charge in [0.2, 0.25) is 0 Å². The second-order valence-electron chi connectivity index (χ2n) is 5.02. The molecule has 1 aliphatic rings. The lowest BCUT2D eigenvalue weighted by molar-refractivity contribution is 0.193. The summed E-state index contributed by atoms with van der Waals surface area (Å²) in [5.74, 6) is 2.64. The number of nitrogens with zero attached hydrogens (tertiary/aromatic N) is 4. The fourth-order valence-electron chi connectivity index (χ4n) is 2.49.